The Balaban J connectivity index is 2.17. The second-order valence-electron chi connectivity index (χ2n) is 4.00. The Morgan fingerprint density at radius 3 is 2.94 bits per heavy atom. The van der Waals surface area contributed by atoms with Crippen LogP contribution in [0.2, 0.25) is 0 Å². The number of anilines is 2. The molecule has 1 aromatic heterocycles. The molecule has 0 aliphatic carbocycles. The Labute approximate surface area is 106 Å². The molecule has 1 heterocycles. The van der Waals surface area contributed by atoms with Crippen LogP contribution in [-0.4, -0.2) is 4.98 Å². The number of nitrogens with one attached hydrogen (secondary N) is 1. The predicted octanol–water partition coefficient (Wildman–Crippen LogP) is 2.46. The maximum atomic E-state index is 8.96. The Bertz CT molecular complexity index is 599. The predicted molar refractivity (Wildman–Crippen MR) is 71.9 cm³/mol. The van der Waals surface area contributed by atoms with E-state index in [4.69, 9.17) is 11.0 Å². The minimum absolute atomic E-state index is 0.541. The van der Waals surface area contributed by atoms with E-state index in [1.807, 2.05) is 25.1 Å². The SMILES string of the molecule is Cc1c(N)cccc1CNc1ncccc1C#N. The zero-order chi connectivity index (χ0) is 13.0. The number of rotatable bonds is 3. The topological polar surface area (TPSA) is 74.7 Å². The van der Waals surface area contributed by atoms with Gasteiger partial charge in [-0.3, -0.25) is 0 Å². The van der Waals surface area contributed by atoms with Crippen LogP contribution in [0.5, 0.6) is 0 Å². The fourth-order valence-electron chi connectivity index (χ4n) is 1.71. The summed E-state index contributed by atoms with van der Waals surface area (Å²) in [6.07, 6.45) is 1.66. The number of nitrogens with two attached hydrogens (primary N) is 1. The third kappa shape index (κ3) is 2.41. The minimum atomic E-state index is 0.541. The van der Waals surface area contributed by atoms with Crippen molar-refractivity contribution >= 4 is 11.5 Å². The van der Waals surface area contributed by atoms with Crippen molar-refractivity contribution < 1.29 is 0 Å². The molecule has 0 amide bonds. The number of nitrogens with zero attached hydrogens (tertiary/aromatic N) is 2. The molecule has 18 heavy (non-hydrogen) atoms. The highest BCUT2D eigenvalue weighted by molar-refractivity contribution is 5.54. The molecule has 4 heteroatoms. The molecule has 0 unspecified atom stereocenters. The Hall–Kier alpha value is -2.54. The van der Waals surface area contributed by atoms with Gasteiger partial charge < -0.3 is 11.1 Å². The lowest BCUT2D eigenvalue weighted by molar-refractivity contribution is 1.09. The summed E-state index contributed by atoms with van der Waals surface area (Å²) >= 11 is 0. The van der Waals surface area contributed by atoms with Gasteiger partial charge in [0.15, 0.2) is 0 Å². The number of nitriles is 1. The highest BCUT2D eigenvalue weighted by atomic mass is 15.0. The van der Waals surface area contributed by atoms with Gasteiger partial charge in [-0.05, 0) is 36.2 Å². The maximum Gasteiger partial charge on any atom is 0.144 e. The lowest BCUT2D eigenvalue weighted by Gasteiger charge is -2.10. The second kappa shape index (κ2) is 5.19. The van der Waals surface area contributed by atoms with Crippen LogP contribution >= 0.6 is 0 Å². The third-order valence-corrected chi connectivity index (χ3v) is 2.86. The van der Waals surface area contributed by atoms with Crippen molar-refractivity contribution in [2.45, 2.75) is 13.5 Å². The lowest BCUT2D eigenvalue weighted by atomic mass is 10.1. The van der Waals surface area contributed by atoms with E-state index in [1.165, 1.54) is 0 Å². The molecule has 0 saturated carbocycles. The summed E-state index contributed by atoms with van der Waals surface area (Å²) in [6.45, 7) is 2.58. The van der Waals surface area contributed by atoms with Gasteiger partial charge in [0.25, 0.3) is 0 Å². The molecule has 1 aromatic carbocycles. The van der Waals surface area contributed by atoms with Crippen LogP contribution in [0.15, 0.2) is 36.5 Å². The maximum absolute atomic E-state index is 8.96. The number of benzene rings is 1. The van der Waals surface area contributed by atoms with Crippen LogP contribution in [0.1, 0.15) is 16.7 Å². The van der Waals surface area contributed by atoms with Crippen molar-refractivity contribution in [2.24, 2.45) is 0 Å². The van der Waals surface area contributed by atoms with Gasteiger partial charge in [0.2, 0.25) is 0 Å². The second-order valence-corrected chi connectivity index (χ2v) is 4.00. The highest BCUT2D eigenvalue weighted by Gasteiger charge is 2.04. The Morgan fingerprint density at radius 1 is 1.33 bits per heavy atom. The van der Waals surface area contributed by atoms with E-state index in [0.29, 0.717) is 17.9 Å². The van der Waals surface area contributed by atoms with Crippen molar-refractivity contribution in [1.82, 2.24) is 4.98 Å². The summed E-state index contributed by atoms with van der Waals surface area (Å²) < 4.78 is 0. The van der Waals surface area contributed by atoms with Crippen molar-refractivity contribution in [2.75, 3.05) is 11.1 Å². The van der Waals surface area contributed by atoms with Gasteiger partial charge in [-0.2, -0.15) is 5.26 Å². The first-order valence-electron chi connectivity index (χ1n) is 5.65. The zero-order valence-electron chi connectivity index (χ0n) is 10.1. The molecule has 0 bridgehead atoms. The van der Waals surface area contributed by atoms with Gasteiger partial charge in [-0.25, -0.2) is 4.98 Å². The van der Waals surface area contributed by atoms with Gasteiger partial charge in [0, 0.05) is 18.4 Å². The summed E-state index contributed by atoms with van der Waals surface area (Å²) in [5.74, 6) is 0.599. The van der Waals surface area contributed by atoms with E-state index in [2.05, 4.69) is 16.4 Å². The first kappa shape index (κ1) is 11.9. The lowest BCUT2D eigenvalue weighted by Crippen LogP contribution is -2.05. The van der Waals surface area contributed by atoms with Crippen LogP contribution < -0.4 is 11.1 Å². The van der Waals surface area contributed by atoms with Crippen molar-refractivity contribution in [3.05, 3.63) is 53.2 Å². The number of hydrogen-bond acceptors (Lipinski definition) is 4. The number of pyridine rings is 1. The Kier molecular flexibility index (Phi) is 3.44. The molecular formula is C14H14N4. The molecular weight excluding hydrogens is 224 g/mol. The summed E-state index contributed by atoms with van der Waals surface area (Å²) in [5, 5.41) is 12.1. The molecule has 90 valence electrons. The van der Waals surface area contributed by atoms with E-state index >= 15 is 0 Å². The molecule has 3 N–H and O–H groups in total. The fourth-order valence-corrected chi connectivity index (χ4v) is 1.71. The van der Waals surface area contributed by atoms with Crippen molar-refractivity contribution in [1.29, 1.82) is 5.26 Å². The summed E-state index contributed by atoms with van der Waals surface area (Å²) in [7, 11) is 0. The first-order chi connectivity index (χ1) is 8.72. The van der Waals surface area contributed by atoms with Gasteiger partial charge >= 0.3 is 0 Å². The minimum Gasteiger partial charge on any atom is -0.399 e. The zero-order valence-corrected chi connectivity index (χ0v) is 10.1. The smallest absolute Gasteiger partial charge is 0.144 e. The summed E-state index contributed by atoms with van der Waals surface area (Å²) in [5.41, 5.74) is 9.32. The average Bonchev–Trinajstić information content (AvgIpc) is 2.41. The van der Waals surface area contributed by atoms with Crippen molar-refractivity contribution in [3.8, 4) is 6.07 Å². The monoisotopic (exact) mass is 238 g/mol. The number of aromatic nitrogens is 1. The standard InChI is InChI=1S/C14H14N4/c1-10-12(4-2-6-13(10)16)9-18-14-11(8-15)5-3-7-17-14/h2-7H,9,16H2,1H3,(H,17,18). The normalized spacial score (nSPS) is 9.78. The van der Waals surface area contributed by atoms with E-state index in [1.54, 1.807) is 18.3 Å². The van der Waals surface area contributed by atoms with E-state index in [0.717, 1.165) is 16.8 Å². The number of hydrogen-bond donors (Lipinski definition) is 2. The largest absolute Gasteiger partial charge is 0.399 e. The number of nitrogen functional groups attached to an aromatic ring is 1. The van der Waals surface area contributed by atoms with Crippen LogP contribution in [-0.2, 0) is 6.54 Å². The molecule has 2 rings (SSSR count). The van der Waals surface area contributed by atoms with Gasteiger partial charge in [0.05, 0.1) is 5.56 Å². The van der Waals surface area contributed by atoms with E-state index < -0.39 is 0 Å². The van der Waals surface area contributed by atoms with E-state index in [9.17, 15) is 0 Å². The third-order valence-electron chi connectivity index (χ3n) is 2.86. The summed E-state index contributed by atoms with van der Waals surface area (Å²) in [4.78, 5) is 4.15. The molecule has 0 aliphatic rings. The van der Waals surface area contributed by atoms with Gasteiger partial charge in [-0.15, -0.1) is 0 Å². The highest BCUT2D eigenvalue weighted by Crippen LogP contribution is 2.17. The van der Waals surface area contributed by atoms with Crippen LogP contribution in [0.4, 0.5) is 11.5 Å². The van der Waals surface area contributed by atoms with E-state index in [-0.39, 0.29) is 0 Å². The summed E-state index contributed by atoms with van der Waals surface area (Å²) in [6, 6.07) is 11.4. The van der Waals surface area contributed by atoms with Crippen LogP contribution in [0.3, 0.4) is 0 Å². The quantitative estimate of drug-likeness (QED) is 0.805. The van der Waals surface area contributed by atoms with Crippen LogP contribution in [0, 0.1) is 18.3 Å². The molecule has 0 fully saturated rings. The first-order valence-corrected chi connectivity index (χ1v) is 5.65. The van der Waals surface area contributed by atoms with Crippen molar-refractivity contribution in [3.63, 3.8) is 0 Å². The van der Waals surface area contributed by atoms with Gasteiger partial charge in [-0.1, -0.05) is 12.1 Å². The fraction of sp³-hybridized carbons (Fsp3) is 0.143. The average molecular weight is 238 g/mol. The van der Waals surface area contributed by atoms with Crippen LogP contribution in [0.25, 0.3) is 0 Å². The molecule has 0 saturated heterocycles. The molecule has 4 nitrogen and oxygen atoms in total. The molecule has 0 aliphatic heterocycles. The van der Waals surface area contributed by atoms with Gasteiger partial charge in [0.1, 0.15) is 11.9 Å². The molecule has 0 atom stereocenters. The molecule has 0 radical (unpaired) electrons. The Morgan fingerprint density at radius 2 is 2.17 bits per heavy atom. The molecule has 2 aromatic rings. The molecule has 0 spiro atoms.